The van der Waals surface area contributed by atoms with Crippen molar-refractivity contribution in [3.05, 3.63) is 35.2 Å². The Morgan fingerprint density at radius 3 is 2.00 bits per heavy atom. The normalized spacial score (nSPS) is 14.1. The summed E-state index contributed by atoms with van der Waals surface area (Å²) in [5.74, 6) is 0. The third kappa shape index (κ3) is 2.08. The zero-order valence-electron chi connectivity index (χ0n) is 9.01. The molecule has 2 aromatic rings. The number of thiophene rings is 1. The number of hydrogen-bond acceptors (Lipinski definition) is 2. The maximum Gasteiger partial charge on any atom is 0.430 e. The molecule has 104 valence electrons. The van der Waals surface area contributed by atoms with Crippen LogP contribution < -0.4 is 0 Å². The van der Waals surface area contributed by atoms with Crippen LogP contribution in [0.3, 0.4) is 0 Å². The highest BCUT2D eigenvalue weighted by atomic mass is 32.1. The molecule has 1 nitrogen and oxygen atoms in total. The molecule has 1 N–H and O–H groups in total. The summed E-state index contributed by atoms with van der Waals surface area (Å²) in [5.41, 5.74) is -6.10. The van der Waals surface area contributed by atoms with E-state index in [0.717, 1.165) is 6.07 Å². The largest absolute Gasteiger partial charge is 0.430 e. The van der Waals surface area contributed by atoms with E-state index in [1.807, 2.05) is 0 Å². The van der Waals surface area contributed by atoms with Gasteiger partial charge in [0.2, 0.25) is 0 Å². The number of alkyl halides is 6. The van der Waals surface area contributed by atoms with Crippen LogP contribution in [-0.4, -0.2) is 17.5 Å². The average molecular weight is 300 g/mol. The van der Waals surface area contributed by atoms with Gasteiger partial charge in [0, 0.05) is 10.3 Å². The molecule has 8 heteroatoms. The maximum atomic E-state index is 12.6. The molecule has 0 saturated heterocycles. The third-order valence-corrected chi connectivity index (χ3v) is 3.59. The predicted octanol–water partition coefficient (Wildman–Crippen LogP) is 4.21. The SMILES string of the molecule is OC(c1ccc2sccc2c1)(C(F)(F)F)C(F)(F)F. The van der Waals surface area contributed by atoms with Crippen LogP contribution in [0.1, 0.15) is 5.56 Å². The highest BCUT2D eigenvalue weighted by Crippen LogP contribution is 2.50. The Bertz CT molecular complexity index is 583. The van der Waals surface area contributed by atoms with Gasteiger partial charge >= 0.3 is 12.4 Å². The predicted molar refractivity (Wildman–Crippen MR) is 57.8 cm³/mol. The van der Waals surface area contributed by atoms with Gasteiger partial charge in [-0.15, -0.1) is 11.3 Å². The van der Waals surface area contributed by atoms with E-state index in [1.165, 1.54) is 22.8 Å². The van der Waals surface area contributed by atoms with E-state index in [1.54, 1.807) is 0 Å². The molecule has 0 aliphatic carbocycles. The first-order valence-electron chi connectivity index (χ1n) is 4.91. The van der Waals surface area contributed by atoms with Gasteiger partial charge in [-0.25, -0.2) is 0 Å². The topological polar surface area (TPSA) is 20.2 Å². The minimum atomic E-state index is -5.85. The molecule has 0 atom stereocenters. The summed E-state index contributed by atoms with van der Waals surface area (Å²) in [4.78, 5) is 0. The number of halogens is 6. The molecule has 19 heavy (non-hydrogen) atoms. The number of benzene rings is 1. The van der Waals surface area contributed by atoms with Crippen molar-refractivity contribution in [2.24, 2.45) is 0 Å². The molecule has 0 aliphatic heterocycles. The van der Waals surface area contributed by atoms with Crippen molar-refractivity contribution in [2.75, 3.05) is 0 Å². The molecule has 2 rings (SSSR count). The lowest BCUT2D eigenvalue weighted by Gasteiger charge is -2.32. The molecule has 1 aromatic heterocycles. The Labute approximate surface area is 107 Å². The van der Waals surface area contributed by atoms with E-state index in [2.05, 4.69) is 0 Å². The highest BCUT2D eigenvalue weighted by molar-refractivity contribution is 7.17. The van der Waals surface area contributed by atoms with E-state index in [0.29, 0.717) is 16.8 Å². The Balaban J connectivity index is 2.68. The van der Waals surface area contributed by atoms with Gasteiger partial charge in [0.15, 0.2) is 0 Å². The molecular formula is C11H6F6OS. The van der Waals surface area contributed by atoms with Crippen molar-refractivity contribution in [3.63, 3.8) is 0 Å². The van der Waals surface area contributed by atoms with Gasteiger partial charge in [-0.2, -0.15) is 26.3 Å². The van der Waals surface area contributed by atoms with E-state index >= 15 is 0 Å². The van der Waals surface area contributed by atoms with Gasteiger partial charge < -0.3 is 5.11 Å². The smallest absolute Gasteiger partial charge is 0.369 e. The third-order valence-electron chi connectivity index (χ3n) is 2.69. The molecule has 1 heterocycles. The van der Waals surface area contributed by atoms with Crippen LogP contribution in [0.5, 0.6) is 0 Å². The van der Waals surface area contributed by atoms with E-state index < -0.39 is 23.5 Å². The second kappa shape index (κ2) is 4.11. The highest BCUT2D eigenvalue weighted by Gasteiger charge is 2.71. The van der Waals surface area contributed by atoms with Crippen LogP contribution in [0, 0.1) is 0 Å². The van der Waals surface area contributed by atoms with Crippen LogP contribution in [0.15, 0.2) is 29.6 Å². The molecule has 0 unspecified atom stereocenters. The summed E-state index contributed by atoms with van der Waals surface area (Å²) in [6.07, 6.45) is -11.7. The summed E-state index contributed by atoms with van der Waals surface area (Å²) < 4.78 is 76.4. The lowest BCUT2D eigenvalue weighted by molar-refractivity contribution is -0.376. The zero-order valence-corrected chi connectivity index (χ0v) is 9.83. The molecule has 0 bridgehead atoms. The fourth-order valence-electron chi connectivity index (χ4n) is 1.68. The monoisotopic (exact) mass is 300 g/mol. The molecule has 0 saturated carbocycles. The van der Waals surface area contributed by atoms with E-state index in [4.69, 9.17) is 0 Å². The summed E-state index contributed by atoms with van der Waals surface area (Å²) in [6.45, 7) is 0. The van der Waals surface area contributed by atoms with Crippen LogP contribution in [-0.2, 0) is 5.60 Å². The molecule has 0 aliphatic rings. The van der Waals surface area contributed by atoms with Gasteiger partial charge in [0.25, 0.3) is 5.60 Å². The molecule has 1 aromatic carbocycles. The first kappa shape index (κ1) is 14.1. The van der Waals surface area contributed by atoms with Crippen LogP contribution in [0.4, 0.5) is 26.3 Å². The van der Waals surface area contributed by atoms with Crippen molar-refractivity contribution in [1.29, 1.82) is 0 Å². The number of aliphatic hydroxyl groups is 1. The maximum absolute atomic E-state index is 12.6. The molecule has 0 radical (unpaired) electrons. The van der Waals surface area contributed by atoms with E-state index in [9.17, 15) is 31.4 Å². The van der Waals surface area contributed by atoms with Crippen LogP contribution in [0.2, 0.25) is 0 Å². The fourth-order valence-corrected chi connectivity index (χ4v) is 2.45. The van der Waals surface area contributed by atoms with Gasteiger partial charge in [0.05, 0.1) is 0 Å². The van der Waals surface area contributed by atoms with Gasteiger partial charge in [0.1, 0.15) is 0 Å². The second-order valence-corrected chi connectivity index (χ2v) is 4.83. The van der Waals surface area contributed by atoms with Crippen molar-refractivity contribution in [1.82, 2.24) is 0 Å². The van der Waals surface area contributed by atoms with Gasteiger partial charge in [-0.05, 0) is 29.0 Å². The van der Waals surface area contributed by atoms with Crippen molar-refractivity contribution in [2.45, 2.75) is 18.0 Å². The Morgan fingerprint density at radius 1 is 0.895 bits per heavy atom. The van der Waals surface area contributed by atoms with Crippen LogP contribution >= 0.6 is 11.3 Å². The standard InChI is InChI=1S/C11H6F6OS/c12-10(13,14)9(18,11(15,16)17)7-1-2-8-6(5-7)3-4-19-8/h1-5,18H. The quantitative estimate of drug-likeness (QED) is 0.782. The minimum Gasteiger partial charge on any atom is -0.369 e. The summed E-state index contributed by atoms with van der Waals surface area (Å²) in [5, 5.41) is 11.0. The Morgan fingerprint density at radius 2 is 1.47 bits per heavy atom. The van der Waals surface area contributed by atoms with Gasteiger partial charge in [-0.1, -0.05) is 6.07 Å². The minimum absolute atomic E-state index is 0.217. The second-order valence-electron chi connectivity index (χ2n) is 3.88. The van der Waals surface area contributed by atoms with Crippen LogP contribution in [0.25, 0.3) is 10.1 Å². The number of fused-ring (bicyclic) bond motifs is 1. The lowest BCUT2D eigenvalue weighted by atomic mass is 9.91. The first-order valence-corrected chi connectivity index (χ1v) is 5.79. The van der Waals surface area contributed by atoms with Crippen molar-refractivity contribution < 1.29 is 31.4 Å². The van der Waals surface area contributed by atoms with Crippen molar-refractivity contribution >= 4 is 21.4 Å². The van der Waals surface area contributed by atoms with Crippen molar-refractivity contribution in [3.8, 4) is 0 Å². The summed E-state index contributed by atoms with van der Waals surface area (Å²) in [7, 11) is 0. The van der Waals surface area contributed by atoms with Gasteiger partial charge in [-0.3, -0.25) is 0 Å². The zero-order chi connectivity index (χ0) is 14.5. The fraction of sp³-hybridized carbons (Fsp3) is 0.273. The number of rotatable bonds is 1. The molecule has 0 amide bonds. The summed E-state index contributed by atoms with van der Waals surface area (Å²) >= 11 is 1.18. The molecule has 0 fully saturated rings. The lowest BCUT2D eigenvalue weighted by Crippen LogP contribution is -2.53. The summed E-state index contributed by atoms with van der Waals surface area (Å²) in [6, 6.07) is 3.85. The Hall–Kier alpha value is -1.28. The van der Waals surface area contributed by atoms with E-state index in [-0.39, 0.29) is 5.39 Å². The number of hydrogen-bond donors (Lipinski definition) is 1. The first-order chi connectivity index (χ1) is 8.57. The molecule has 0 spiro atoms. The molecular weight excluding hydrogens is 294 g/mol. The Kier molecular flexibility index (Phi) is 3.06. The average Bonchev–Trinajstić information content (AvgIpc) is 2.71.